The molecule has 0 radical (unpaired) electrons. The minimum Gasteiger partial charge on any atom is -0.507 e. The molecule has 1 heterocycles. The number of ether oxygens (including phenoxy) is 1. The molecule has 0 bridgehead atoms. The molecule has 3 N–H and O–H groups in total. The number of aromatic nitrogens is 1. The third-order valence-corrected chi connectivity index (χ3v) is 6.36. The Bertz CT molecular complexity index is 1300. The van der Waals surface area contributed by atoms with Crippen molar-refractivity contribution in [1.29, 1.82) is 0 Å². The van der Waals surface area contributed by atoms with Gasteiger partial charge in [-0.15, -0.1) is 0 Å². The molecular formula is C30H38FN3O5. The third kappa shape index (κ3) is 7.16. The van der Waals surface area contributed by atoms with Crippen molar-refractivity contribution in [2.45, 2.75) is 65.2 Å². The number of rotatable bonds is 9. The van der Waals surface area contributed by atoms with Crippen LogP contribution in [0.5, 0.6) is 11.5 Å². The molecule has 0 aliphatic rings. The molecule has 39 heavy (non-hydrogen) atoms. The highest BCUT2D eigenvalue weighted by Crippen LogP contribution is 2.39. The lowest BCUT2D eigenvalue weighted by atomic mass is 9.78. The highest BCUT2D eigenvalue weighted by atomic mass is 19.1. The van der Waals surface area contributed by atoms with Crippen molar-refractivity contribution in [2.75, 3.05) is 20.2 Å². The average molecular weight is 540 g/mol. The van der Waals surface area contributed by atoms with Crippen LogP contribution in [0, 0.1) is 5.82 Å². The number of carbonyl (C=O) groups is 2. The van der Waals surface area contributed by atoms with E-state index in [1.807, 2.05) is 41.5 Å². The van der Waals surface area contributed by atoms with E-state index >= 15 is 0 Å². The fraction of sp³-hybridized carbons (Fsp3) is 0.433. The lowest BCUT2D eigenvalue weighted by Crippen LogP contribution is -2.28. The van der Waals surface area contributed by atoms with Gasteiger partial charge < -0.3 is 24.9 Å². The fourth-order valence-electron chi connectivity index (χ4n) is 4.17. The van der Waals surface area contributed by atoms with Gasteiger partial charge in [-0.05, 0) is 54.0 Å². The summed E-state index contributed by atoms with van der Waals surface area (Å²) in [6, 6.07) is 7.77. The van der Waals surface area contributed by atoms with Crippen LogP contribution in [0.1, 0.15) is 86.4 Å². The van der Waals surface area contributed by atoms with E-state index in [-0.39, 0.29) is 39.7 Å². The summed E-state index contributed by atoms with van der Waals surface area (Å²) in [4.78, 5) is 29.6. The van der Waals surface area contributed by atoms with Gasteiger partial charge in [0.1, 0.15) is 5.75 Å². The van der Waals surface area contributed by atoms with Gasteiger partial charge in [-0.2, -0.15) is 0 Å². The number of phenolic OH excluding ortho intramolecular Hbond substituents is 1. The molecule has 210 valence electrons. The smallest absolute Gasteiger partial charge is 0.273 e. The average Bonchev–Trinajstić information content (AvgIpc) is 3.34. The Balaban J connectivity index is 1.54. The number of aromatic hydroxyl groups is 1. The summed E-state index contributed by atoms with van der Waals surface area (Å²) in [7, 11) is 1.37. The Morgan fingerprint density at radius 1 is 0.949 bits per heavy atom. The summed E-state index contributed by atoms with van der Waals surface area (Å²) in [5, 5.41) is 16.6. The molecule has 0 saturated heterocycles. The quantitative estimate of drug-likeness (QED) is 0.299. The van der Waals surface area contributed by atoms with Gasteiger partial charge in [-0.25, -0.2) is 9.37 Å². The number of unbranched alkanes of at least 4 members (excludes halogenated alkanes) is 1. The number of carbonyl (C=O) groups excluding carboxylic acids is 2. The number of methoxy groups -OCH3 is 1. The van der Waals surface area contributed by atoms with Gasteiger partial charge in [0.05, 0.1) is 7.11 Å². The second-order valence-corrected chi connectivity index (χ2v) is 11.5. The topological polar surface area (TPSA) is 114 Å². The van der Waals surface area contributed by atoms with Crippen molar-refractivity contribution in [1.82, 2.24) is 15.6 Å². The van der Waals surface area contributed by atoms with Crippen LogP contribution in [0.2, 0.25) is 0 Å². The van der Waals surface area contributed by atoms with Gasteiger partial charge in [0.25, 0.3) is 11.8 Å². The molecule has 0 atom stereocenters. The van der Waals surface area contributed by atoms with E-state index < -0.39 is 11.7 Å². The molecule has 8 nitrogen and oxygen atoms in total. The van der Waals surface area contributed by atoms with Crippen LogP contribution < -0.4 is 15.4 Å². The zero-order valence-corrected chi connectivity index (χ0v) is 23.7. The van der Waals surface area contributed by atoms with Crippen LogP contribution in [0.4, 0.5) is 4.39 Å². The van der Waals surface area contributed by atoms with Crippen LogP contribution in [-0.4, -0.2) is 42.1 Å². The summed E-state index contributed by atoms with van der Waals surface area (Å²) >= 11 is 0. The van der Waals surface area contributed by atoms with Gasteiger partial charge in [0.15, 0.2) is 29.4 Å². The van der Waals surface area contributed by atoms with Gasteiger partial charge >= 0.3 is 0 Å². The third-order valence-electron chi connectivity index (χ3n) is 6.36. The number of hydrogen-bond donors (Lipinski definition) is 3. The van der Waals surface area contributed by atoms with E-state index in [9.17, 15) is 19.1 Å². The Labute approximate surface area is 229 Å². The minimum absolute atomic E-state index is 0.0597. The lowest BCUT2D eigenvalue weighted by molar-refractivity contribution is 0.0937. The summed E-state index contributed by atoms with van der Waals surface area (Å²) in [6.45, 7) is 12.8. The second kappa shape index (κ2) is 11.9. The van der Waals surface area contributed by atoms with E-state index in [0.717, 1.165) is 17.5 Å². The van der Waals surface area contributed by atoms with Crippen LogP contribution in [0.25, 0.3) is 11.3 Å². The highest BCUT2D eigenvalue weighted by Gasteiger charge is 2.28. The molecule has 0 saturated carbocycles. The monoisotopic (exact) mass is 539 g/mol. The number of benzene rings is 2. The Hall–Kier alpha value is -3.88. The molecule has 0 spiro atoms. The van der Waals surface area contributed by atoms with E-state index in [1.165, 1.54) is 19.2 Å². The number of nitrogens with zero attached hydrogens (tertiary/aromatic N) is 1. The number of phenols is 1. The van der Waals surface area contributed by atoms with Crippen LogP contribution in [-0.2, 0) is 10.8 Å². The minimum atomic E-state index is -0.573. The summed E-state index contributed by atoms with van der Waals surface area (Å²) < 4.78 is 24.4. The normalized spacial score (nSPS) is 11.8. The van der Waals surface area contributed by atoms with Crippen molar-refractivity contribution < 1.29 is 28.2 Å². The maximum Gasteiger partial charge on any atom is 0.273 e. The zero-order valence-electron chi connectivity index (χ0n) is 23.7. The molecule has 0 fully saturated rings. The molecular weight excluding hydrogens is 501 g/mol. The maximum absolute atomic E-state index is 14.1. The molecule has 0 aliphatic heterocycles. The number of nitrogens with one attached hydrogen (secondary N) is 2. The van der Waals surface area contributed by atoms with Crippen molar-refractivity contribution >= 4 is 11.8 Å². The van der Waals surface area contributed by atoms with Crippen LogP contribution in [0.15, 0.2) is 41.1 Å². The molecule has 3 aromatic rings. The van der Waals surface area contributed by atoms with Gasteiger partial charge in [-0.1, -0.05) is 41.5 Å². The molecule has 1 aromatic heterocycles. The first-order valence-electron chi connectivity index (χ1n) is 13.0. The molecule has 2 amide bonds. The predicted molar refractivity (Wildman–Crippen MR) is 148 cm³/mol. The molecule has 9 heteroatoms. The van der Waals surface area contributed by atoms with Crippen molar-refractivity contribution in [3.05, 3.63) is 64.9 Å². The van der Waals surface area contributed by atoms with Gasteiger partial charge in [-0.3, -0.25) is 9.59 Å². The van der Waals surface area contributed by atoms with E-state index in [2.05, 4.69) is 15.6 Å². The number of hydrogen-bond acceptors (Lipinski definition) is 6. The highest BCUT2D eigenvalue weighted by molar-refractivity contribution is 5.97. The number of halogens is 1. The zero-order chi connectivity index (χ0) is 29.0. The van der Waals surface area contributed by atoms with E-state index in [0.29, 0.717) is 37.1 Å². The predicted octanol–water partition coefficient (Wildman–Crippen LogP) is 5.73. The summed E-state index contributed by atoms with van der Waals surface area (Å²) in [5.41, 5.74) is 1.74. The number of oxazole rings is 1. The Morgan fingerprint density at radius 2 is 1.51 bits per heavy atom. The second-order valence-electron chi connectivity index (χ2n) is 11.5. The van der Waals surface area contributed by atoms with E-state index in [1.54, 1.807) is 18.2 Å². The summed E-state index contributed by atoms with van der Waals surface area (Å²) in [5.74, 6) is -0.738. The van der Waals surface area contributed by atoms with E-state index in [4.69, 9.17) is 9.15 Å². The van der Waals surface area contributed by atoms with Crippen LogP contribution >= 0.6 is 0 Å². The summed E-state index contributed by atoms with van der Waals surface area (Å²) in [6.07, 6.45) is 2.39. The fourth-order valence-corrected chi connectivity index (χ4v) is 4.17. The molecule has 0 aliphatic carbocycles. The molecule has 0 unspecified atom stereocenters. The molecule has 2 aromatic carbocycles. The first-order valence-corrected chi connectivity index (χ1v) is 13.0. The van der Waals surface area contributed by atoms with Crippen molar-refractivity contribution in [3.63, 3.8) is 0 Å². The first kappa shape index (κ1) is 29.7. The van der Waals surface area contributed by atoms with Gasteiger partial charge in [0, 0.05) is 35.3 Å². The van der Waals surface area contributed by atoms with Crippen molar-refractivity contribution in [3.8, 4) is 22.8 Å². The Kier molecular flexibility index (Phi) is 9.04. The first-order chi connectivity index (χ1) is 18.2. The lowest BCUT2D eigenvalue weighted by Gasteiger charge is -2.28. The SMILES string of the molecule is COc1ccc(-c2ocnc2C(=O)NCCCCNC(=O)c2cc(C(C)(C)C)c(O)c(C(C)(C)C)c2)cc1F. The maximum atomic E-state index is 14.1. The van der Waals surface area contributed by atoms with Crippen LogP contribution in [0.3, 0.4) is 0 Å². The molecule has 3 rings (SSSR count). The van der Waals surface area contributed by atoms with Crippen molar-refractivity contribution in [2.24, 2.45) is 0 Å². The standard InChI is InChI=1S/C30H38FN3O5/c1-29(2,3)20-14-19(15-21(25(20)35)30(4,5)6)27(36)32-12-8-9-13-33-28(37)24-26(39-17-34-24)18-10-11-23(38-7)22(31)16-18/h10-11,14-17,35H,8-9,12-13H2,1-7H3,(H,32,36)(H,33,37). The van der Waals surface area contributed by atoms with Gasteiger partial charge in [0.2, 0.25) is 0 Å². The number of amides is 2. The largest absolute Gasteiger partial charge is 0.507 e. The Morgan fingerprint density at radius 3 is 2.03 bits per heavy atom.